The van der Waals surface area contributed by atoms with E-state index in [0.717, 1.165) is 12.8 Å². The minimum Gasteiger partial charge on any atom is -0.487 e. The van der Waals surface area contributed by atoms with Gasteiger partial charge in [0, 0.05) is 18.9 Å². The van der Waals surface area contributed by atoms with E-state index in [1.165, 1.54) is 12.1 Å². The zero-order valence-electron chi connectivity index (χ0n) is 11.1. The van der Waals surface area contributed by atoms with Gasteiger partial charge in [0.2, 0.25) is 0 Å². The van der Waals surface area contributed by atoms with Crippen LogP contribution in [0.15, 0.2) is 16.9 Å². The van der Waals surface area contributed by atoms with Crippen LogP contribution in [0.25, 0.3) is 10.9 Å². The SMILES string of the molecule is Cc1nc2cc(OC3CCOCC3)c(F)cc2c(=O)[nH]1. The molecule has 1 saturated heterocycles. The highest BCUT2D eigenvalue weighted by molar-refractivity contribution is 5.79. The zero-order chi connectivity index (χ0) is 14.1. The van der Waals surface area contributed by atoms with Gasteiger partial charge >= 0.3 is 0 Å². The molecular weight excluding hydrogens is 263 g/mol. The Labute approximate surface area is 114 Å². The number of aromatic amines is 1. The smallest absolute Gasteiger partial charge is 0.258 e. The van der Waals surface area contributed by atoms with E-state index in [1.807, 2.05) is 0 Å². The van der Waals surface area contributed by atoms with E-state index in [4.69, 9.17) is 9.47 Å². The molecule has 1 fully saturated rings. The molecule has 1 aromatic carbocycles. The van der Waals surface area contributed by atoms with E-state index in [2.05, 4.69) is 9.97 Å². The first-order valence-electron chi connectivity index (χ1n) is 6.58. The number of benzene rings is 1. The Morgan fingerprint density at radius 1 is 1.40 bits per heavy atom. The van der Waals surface area contributed by atoms with Crippen molar-refractivity contribution in [2.75, 3.05) is 13.2 Å². The average molecular weight is 278 g/mol. The number of nitrogens with one attached hydrogen (secondary N) is 1. The summed E-state index contributed by atoms with van der Waals surface area (Å²) in [5.74, 6) is 0.0909. The van der Waals surface area contributed by atoms with Crippen LogP contribution in [-0.2, 0) is 4.74 Å². The van der Waals surface area contributed by atoms with Gasteiger partial charge < -0.3 is 14.5 Å². The van der Waals surface area contributed by atoms with E-state index >= 15 is 0 Å². The Balaban J connectivity index is 1.98. The first-order valence-corrected chi connectivity index (χ1v) is 6.58. The summed E-state index contributed by atoms with van der Waals surface area (Å²) < 4.78 is 24.9. The summed E-state index contributed by atoms with van der Waals surface area (Å²) >= 11 is 0. The van der Waals surface area contributed by atoms with Crippen LogP contribution < -0.4 is 10.3 Å². The zero-order valence-corrected chi connectivity index (χ0v) is 11.1. The second-order valence-electron chi connectivity index (χ2n) is 4.88. The number of fused-ring (bicyclic) bond motifs is 1. The largest absolute Gasteiger partial charge is 0.487 e. The number of hydrogen-bond acceptors (Lipinski definition) is 4. The molecule has 1 aliphatic rings. The van der Waals surface area contributed by atoms with Crippen LogP contribution in [-0.4, -0.2) is 29.3 Å². The van der Waals surface area contributed by atoms with E-state index < -0.39 is 5.82 Å². The van der Waals surface area contributed by atoms with Crippen LogP contribution in [0.5, 0.6) is 5.75 Å². The van der Waals surface area contributed by atoms with Gasteiger partial charge in [-0.3, -0.25) is 4.79 Å². The van der Waals surface area contributed by atoms with E-state index in [0.29, 0.717) is 24.6 Å². The van der Waals surface area contributed by atoms with Gasteiger partial charge in [0.15, 0.2) is 11.6 Å². The molecule has 0 radical (unpaired) electrons. The molecule has 1 aliphatic heterocycles. The fraction of sp³-hybridized carbons (Fsp3) is 0.429. The third-order valence-corrected chi connectivity index (χ3v) is 3.34. The summed E-state index contributed by atoms with van der Waals surface area (Å²) in [7, 11) is 0. The van der Waals surface area contributed by atoms with Crippen LogP contribution >= 0.6 is 0 Å². The van der Waals surface area contributed by atoms with Crippen molar-refractivity contribution in [3.63, 3.8) is 0 Å². The third-order valence-electron chi connectivity index (χ3n) is 3.34. The fourth-order valence-corrected chi connectivity index (χ4v) is 2.32. The molecule has 3 rings (SSSR count). The van der Waals surface area contributed by atoms with Crippen LogP contribution in [0.1, 0.15) is 18.7 Å². The van der Waals surface area contributed by atoms with Crippen LogP contribution in [0.4, 0.5) is 4.39 Å². The molecule has 20 heavy (non-hydrogen) atoms. The fourth-order valence-electron chi connectivity index (χ4n) is 2.32. The average Bonchev–Trinajstić information content (AvgIpc) is 2.42. The molecule has 0 aliphatic carbocycles. The van der Waals surface area contributed by atoms with Gasteiger partial charge in [0.05, 0.1) is 24.1 Å². The van der Waals surface area contributed by atoms with Crippen molar-refractivity contribution in [3.8, 4) is 5.75 Å². The summed E-state index contributed by atoms with van der Waals surface area (Å²) in [6, 6.07) is 2.66. The lowest BCUT2D eigenvalue weighted by atomic mass is 10.1. The molecule has 1 N–H and O–H groups in total. The molecule has 1 aromatic heterocycles. The molecule has 2 aromatic rings. The summed E-state index contributed by atoms with van der Waals surface area (Å²) in [4.78, 5) is 18.5. The van der Waals surface area contributed by atoms with Crippen LogP contribution in [0.2, 0.25) is 0 Å². The van der Waals surface area contributed by atoms with Gasteiger partial charge in [0.1, 0.15) is 11.9 Å². The standard InChI is InChI=1S/C14H15FN2O3/c1-8-16-12-7-13(20-9-2-4-19-5-3-9)11(15)6-10(12)14(18)17-8/h6-7,9H,2-5H2,1H3,(H,16,17,18). The molecule has 6 heteroatoms. The predicted octanol–water partition coefficient (Wildman–Crippen LogP) is 1.93. The molecule has 5 nitrogen and oxygen atoms in total. The van der Waals surface area contributed by atoms with Gasteiger partial charge in [-0.25, -0.2) is 9.37 Å². The second kappa shape index (κ2) is 5.20. The second-order valence-corrected chi connectivity index (χ2v) is 4.88. The Kier molecular flexibility index (Phi) is 3.40. The minimum atomic E-state index is -0.542. The molecule has 0 bridgehead atoms. The number of aryl methyl sites for hydroxylation is 1. The Bertz CT molecular complexity index is 693. The maximum absolute atomic E-state index is 14.0. The molecule has 0 amide bonds. The molecule has 0 spiro atoms. The maximum Gasteiger partial charge on any atom is 0.258 e. The summed E-state index contributed by atoms with van der Waals surface area (Å²) in [6.45, 7) is 2.93. The molecule has 106 valence electrons. The summed E-state index contributed by atoms with van der Waals surface area (Å²) in [5.41, 5.74) is 0.0960. The predicted molar refractivity (Wildman–Crippen MR) is 71.5 cm³/mol. The molecule has 0 saturated carbocycles. The van der Waals surface area contributed by atoms with Crippen molar-refractivity contribution >= 4 is 10.9 Å². The number of H-pyrrole nitrogens is 1. The van der Waals surface area contributed by atoms with Crippen molar-refractivity contribution in [1.82, 2.24) is 9.97 Å². The first kappa shape index (κ1) is 13.1. The van der Waals surface area contributed by atoms with Crippen LogP contribution in [0, 0.1) is 12.7 Å². The molecule has 0 atom stereocenters. The number of rotatable bonds is 2. The molecule has 0 unspecified atom stereocenters. The van der Waals surface area contributed by atoms with E-state index in [1.54, 1.807) is 6.92 Å². The van der Waals surface area contributed by atoms with Gasteiger partial charge in [0.25, 0.3) is 5.56 Å². The highest BCUT2D eigenvalue weighted by Gasteiger charge is 2.18. The third kappa shape index (κ3) is 2.51. The Morgan fingerprint density at radius 2 is 2.15 bits per heavy atom. The number of nitrogens with zero attached hydrogens (tertiary/aromatic N) is 1. The number of aromatic nitrogens is 2. The lowest BCUT2D eigenvalue weighted by Gasteiger charge is -2.23. The van der Waals surface area contributed by atoms with Crippen molar-refractivity contribution in [2.45, 2.75) is 25.9 Å². The van der Waals surface area contributed by atoms with Crippen LogP contribution in [0.3, 0.4) is 0 Å². The lowest BCUT2D eigenvalue weighted by molar-refractivity contribution is 0.0241. The van der Waals surface area contributed by atoms with Gasteiger partial charge in [-0.2, -0.15) is 0 Å². The highest BCUT2D eigenvalue weighted by atomic mass is 19.1. The van der Waals surface area contributed by atoms with Crippen molar-refractivity contribution in [1.29, 1.82) is 0 Å². The minimum absolute atomic E-state index is 0.0567. The normalized spacial score (nSPS) is 16.5. The Morgan fingerprint density at radius 3 is 2.90 bits per heavy atom. The monoisotopic (exact) mass is 278 g/mol. The Hall–Kier alpha value is -1.95. The quantitative estimate of drug-likeness (QED) is 0.911. The lowest BCUT2D eigenvalue weighted by Crippen LogP contribution is -2.26. The van der Waals surface area contributed by atoms with Crippen molar-refractivity contribution in [2.24, 2.45) is 0 Å². The van der Waals surface area contributed by atoms with Gasteiger partial charge in [-0.15, -0.1) is 0 Å². The highest BCUT2D eigenvalue weighted by Crippen LogP contribution is 2.25. The number of ether oxygens (including phenoxy) is 2. The van der Waals surface area contributed by atoms with Gasteiger partial charge in [-0.1, -0.05) is 0 Å². The van der Waals surface area contributed by atoms with Crippen molar-refractivity contribution in [3.05, 3.63) is 34.1 Å². The van der Waals surface area contributed by atoms with Crippen molar-refractivity contribution < 1.29 is 13.9 Å². The summed E-state index contributed by atoms with van der Waals surface area (Å²) in [5, 5.41) is 0.229. The van der Waals surface area contributed by atoms with Gasteiger partial charge in [-0.05, 0) is 13.0 Å². The first-order chi connectivity index (χ1) is 9.63. The summed E-state index contributed by atoms with van der Waals surface area (Å²) in [6.07, 6.45) is 1.41. The van der Waals surface area contributed by atoms with E-state index in [9.17, 15) is 9.18 Å². The molecule has 2 heterocycles. The topological polar surface area (TPSA) is 64.2 Å². The number of hydrogen-bond donors (Lipinski definition) is 1. The van der Waals surface area contributed by atoms with E-state index in [-0.39, 0.29) is 22.8 Å². The molecular formula is C14H15FN2O3. The number of halogens is 1. The maximum atomic E-state index is 14.0.